The monoisotopic (exact) mass is 222 g/mol. The molecule has 2 heterocycles. The van der Waals surface area contributed by atoms with Crippen LogP contribution < -0.4 is 4.90 Å². The smallest absolute Gasteiger partial charge is 0.229 e. The third-order valence-corrected chi connectivity index (χ3v) is 2.40. The zero-order valence-electron chi connectivity index (χ0n) is 8.28. The molecule has 1 atom stereocenters. The van der Waals surface area contributed by atoms with Gasteiger partial charge in [-0.3, -0.25) is 9.69 Å². The molecule has 1 aromatic rings. The SMILES string of the molecule is C#CC1CC(=O)N(c2ncc(F)cc2F)C1. The first-order chi connectivity index (χ1) is 7.61. The first-order valence-corrected chi connectivity index (χ1v) is 4.69. The molecule has 1 saturated heterocycles. The van der Waals surface area contributed by atoms with Gasteiger partial charge >= 0.3 is 0 Å². The lowest BCUT2D eigenvalue weighted by Crippen LogP contribution is -2.26. The molecule has 0 aliphatic carbocycles. The molecule has 2 rings (SSSR count). The summed E-state index contributed by atoms with van der Waals surface area (Å²) in [5.41, 5.74) is 0. The highest BCUT2D eigenvalue weighted by Crippen LogP contribution is 2.25. The summed E-state index contributed by atoms with van der Waals surface area (Å²) >= 11 is 0. The van der Waals surface area contributed by atoms with Crippen molar-refractivity contribution >= 4 is 11.7 Å². The Balaban J connectivity index is 2.32. The second-order valence-corrected chi connectivity index (χ2v) is 3.53. The number of carbonyl (C=O) groups excluding carboxylic acids is 1. The maximum absolute atomic E-state index is 13.4. The molecule has 1 aliphatic heterocycles. The van der Waals surface area contributed by atoms with Crippen LogP contribution in [0, 0.1) is 29.9 Å². The molecule has 16 heavy (non-hydrogen) atoms. The zero-order valence-corrected chi connectivity index (χ0v) is 8.28. The van der Waals surface area contributed by atoms with Crippen molar-refractivity contribution in [1.82, 2.24) is 4.98 Å². The van der Waals surface area contributed by atoms with Crippen molar-refractivity contribution < 1.29 is 13.6 Å². The lowest BCUT2D eigenvalue weighted by molar-refractivity contribution is -0.117. The summed E-state index contributed by atoms with van der Waals surface area (Å²) in [5.74, 6) is 0.115. The van der Waals surface area contributed by atoms with Crippen molar-refractivity contribution in [1.29, 1.82) is 0 Å². The van der Waals surface area contributed by atoms with E-state index in [0.29, 0.717) is 6.07 Å². The zero-order chi connectivity index (χ0) is 11.7. The van der Waals surface area contributed by atoms with E-state index < -0.39 is 11.6 Å². The van der Waals surface area contributed by atoms with E-state index >= 15 is 0 Å². The van der Waals surface area contributed by atoms with Gasteiger partial charge in [-0.05, 0) is 0 Å². The minimum absolute atomic E-state index is 0.163. The summed E-state index contributed by atoms with van der Waals surface area (Å²) in [7, 11) is 0. The first-order valence-electron chi connectivity index (χ1n) is 4.69. The average Bonchev–Trinajstić information content (AvgIpc) is 2.60. The van der Waals surface area contributed by atoms with Gasteiger partial charge < -0.3 is 0 Å². The van der Waals surface area contributed by atoms with Gasteiger partial charge in [0.1, 0.15) is 5.82 Å². The quantitative estimate of drug-likeness (QED) is 0.672. The molecule has 5 heteroatoms. The predicted molar refractivity (Wildman–Crippen MR) is 53.4 cm³/mol. The van der Waals surface area contributed by atoms with Gasteiger partial charge in [-0.15, -0.1) is 12.3 Å². The summed E-state index contributed by atoms with van der Waals surface area (Å²) in [4.78, 5) is 16.2. The highest BCUT2D eigenvalue weighted by Gasteiger charge is 2.31. The number of aromatic nitrogens is 1. The number of nitrogens with zero attached hydrogens (tertiary/aromatic N) is 2. The second kappa shape index (κ2) is 3.89. The average molecular weight is 222 g/mol. The fourth-order valence-electron chi connectivity index (χ4n) is 1.63. The van der Waals surface area contributed by atoms with Gasteiger partial charge in [0.2, 0.25) is 5.91 Å². The molecule has 0 saturated carbocycles. The Morgan fingerprint density at radius 1 is 1.56 bits per heavy atom. The van der Waals surface area contributed by atoms with Crippen LogP contribution in [0.2, 0.25) is 0 Å². The van der Waals surface area contributed by atoms with Crippen molar-refractivity contribution in [2.75, 3.05) is 11.4 Å². The number of pyridine rings is 1. The molecular weight excluding hydrogens is 214 g/mol. The van der Waals surface area contributed by atoms with Gasteiger partial charge in [0.25, 0.3) is 0 Å². The highest BCUT2D eigenvalue weighted by molar-refractivity contribution is 5.95. The Morgan fingerprint density at radius 3 is 2.88 bits per heavy atom. The summed E-state index contributed by atoms with van der Waals surface area (Å²) < 4.78 is 26.0. The first kappa shape index (κ1) is 10.6. The van der Waals surface area contributed by atoms with E-state index in [9.17, 15) is 13.6 Å². The Bertz CT molecular complexity index is 481. The van der Waals surface area contributed by atoms with Gasteiger partial charge in [-0.2, -0.15) is 0 Å². The minimum atomic E-state index is -0.856. The Hall–Kier alpha value is -1.96. The van der Waals surface area contributed by atoms with Crippen molar-refractivity contribution in [2.24, 2.45) is 5.92 Å². The molecule has 1 fully saturated rings. The van der Waals surface area contributed by atoms with Crippen molar-refractivity contribution in [3.05, 3.63) is 23.9 Å². The van der Waals surface area contributed by atoms with E-state index in [4.69, 9.17) is 6.42 Å². The normalized spacial score (nSPS) is 19.9. The summed E-state index contributed by atoms with van der Waals surface area (Å²) in [6.45, 7) is 0.227. The van der Waals surface area contributed by atoms with Crippen LogP contribution in [0.25, 0.3) is 0 Å². The lowest BCUT2D eigenvalue weighted by atomic mass is 10.1. The molecule has 1 unspecified atom stereocenters. The number of carbonyl (C=O) groups is 1. The third kappa shape index (κ3) is 1.74. The predicted octanol–water partition coefficient (Wildman–Crippen LogP) is 1.35. The van der Waals surface area contributed by atoms with Crippen LogP contribution in [-0.4, -0.2) is 17.4 Å². The molecule has 0 aromatic carbocycles. The molecule has 1 aromatic heterocycles. The number of hydrogen-bond acceptors (Lipinski definition) is 2. The van der Waals surface area contributed by atoms with Crippen LogP contribution in [0.5, 0.6) is 0 Å². The summed E-state index contributed by atoms with van der Waals surface area (Å²) in [6, 6.07) is 0.693. The molecule has 0 radical (unpaired) electrons. The van der Waals surface area contributed by atoms with E-state index in [1.165, 1.54) is 0 Å². The molecule has 1 aliphatic rings. The van der Waals surface area contributed by atoms with Gasteiger partial charge in [0.05, 0.1) is 6.20 Å². The van der Waals surface area contributed by atoms with Crippen LogP contribution in [0.3, 0.4) is 0 Å². The standard InChI is InChI=1S/C11H8F2N2O/c1-2-7-3-10(16)15(6-7)11-9(13)4-8(12)5-14-11/h1,4-5,7H,3,6H2. The van der Waals surface area contributed by atoms with Crippen molar-refractivity contribution in [2.45, 2.75) is 6.42 Å². The van der Waals surface area contributed by atoms with Gasteiger partial charge in [0.15, 0.2) is 11.6 Å². The van der Waals surface area contributed by atoms with Gasteiger partial charge in [-0.1, -0.05) is 0 Å². The van der Waals surface area contributed by atoms with Crippen LogP contribution in [0.4, 0.5) is 14.6 Å². The van der Waals surface area contributed by atoms with E-state index in [-0.39, 0.29) is 30.6 Å². The largest absolute Gasteiger partial charge is 0.293 e. The van der Waals surface area contributed by atoms with Crippen LogP contribution in [-0.2, 0) is 4.79 Å². The number of anilines is 1. The number of terminal acetylenes is 1. The van der Waals surface area contributed by atoms with Gasteiger partial charge in [0, 0.05) is 24.9 Å². The lowest BCUT2D eigenvalue weighted by Gasteiger charge is -2.14. The summed E-state index contributed by atoms with van der Waals surface area (Å²) in [6.07, 6.45) is 6.24. The van der Waals surface area contributed by atoms with Crippen molar-refractivity contribution in [3.8, 4) is 12.3 Å². The Morgan fingerprint density at radius 2 is 2.31 bits per heavy atom. The number of rotatable bonds is 1. The number of halogens is 2. The number of hydrogen-bond donors (Lipinski definition) is 0. The number of amides is 1. The second-order valence-electron chi connectivity index (χ2n) is 3.53. The topological polar surface area (TPSA) is 33.2 Å². The molecule has 3 nitrogen and oxygen atoms in total. The molecule has 0 bridgehead atoms. The van der Waals surface area contributed by atoms with E-state index in [1.54, 1.807) is 0 Å². The fourth-order valence-corrected chi connectivity index (χ4v) is 1.63. The molecule has 0 N–H and O–H groups in total. The molecule has 82 valence electrons. The van der Waals surface area contributed by atoms with Crippen LogP contribution in [0.1, 0.15) is 6.42 Å². The molecule has 1 amide bonds. The van der Waals surface area contributed by atoms with Crippen LogP contribution in [0.15, 0.2) is 12.3 Å². The van der Waals surface area contributed by atoms with E-state index in [0.717, 1.165) is 11.1 Å². The maximum Gasteiger partial charge on any atom is 0.229 e. The molecular formula is C11H8F2N2O. The fraction of sp³-hybridized carbons (Fsp3) is 0.273. The minimum Gasteiger partial charge on any atom is -0.293 e. The summed E-state index contributed by atoms with van der Waals surface area (Å²) in [5, 5.41) is 0. The Labute approximate surface area is 91.1 Å². The van der Waals surface area contributed by atoms with E-state index in [1.807, 2.05) is 0 Å². The van der Waals surface area contributed by atoms with E-state index in [2.05, 4.69) is 10.9 Å². The highest BCUT2D eigenvalue weighted by atomic mass is 19.1. The van der Waals surface area contributed by atoms with Gasteiger partial charge in [-0.25, -0.2) is 13.8 Å². The Kier molecular flexibility index (Phi) is 2.57. The maximum atomic E-state index is 13.4. The van der Waals surface area contributed by atoms with Crippen molar-refractivity contribution in [3.63, 3.8) is 0 Å². The third-order valence-electron chi connectivity index (χ3n) is 2.40. The molecule has 0 spiro atoms. The van der Waals surface area contributed by atoms with Crippen LogP contribution >= 0.6 is 0 Å².